The zero-order valence-electron chi connectivity index (χ0n) is 5.91. The van der Waals surface area contributed by atoms with Gasteiger partial charge >= 0.3 is 5.97 Å². The Bertz CT molecular complexity index is 137. The minimum Gasteiger partial charge on any atom is -0.375 e. The van der Waals surface area contributed by atoms with E-state index in [1.807, 2.05) is 0 Å². The Morgan fingerprint density at radius 2 is 2.50 bits per heavy atom. The molecule has 4 nitrogen and oxygen atoms in total. The summed E-state index contributed by atoms with van der Waals surface area (Å²) < 4.78 is 0. The second-order valence-corrected chi connectivity index (χ2v) is 2.35. The highest BCUT2D eigenvalue weighted by Crippen LogP contribution is 2.14. The van der Waals surface area contributed by atoms with E-state index in [9.17, 15) is 4.79 Å². The van der Waals surface area contributed by atoms with E-state index in [2.05, 4.69) is 4.84 Å². The Morgan fingerprint density at radius 1 is 1.80 bits per heavy atom. The van der Waals surface area contributed by atoms with Gasteiger partial charge in [-0.2, -0.15) is 0 Å². The van der Waals surface area contributed by atoms with Crippen molar-refractivity contribution in [1.29, 1.82) is 0 Å². The number of carbonyl (C=O) groups is 1. The third kappa shape index (κ3) is 1.68. The monoisotopic (exact) mass is 145 g/mol. The summed E-state index contributed by atoms with van der Waals surface area (Å²) >= 11 is 0. The molecule has 1 aliphatic rings. The summed E-state index contributed by atoms with van der Waals surface area (Å²) in [5.41, 5.74) is 0. The molecule has 0 aromatic carbocycles. The first-order valence-electron chi connectivity index (χ1n) is 3.33. The van der Waals surface area contributed by atoms with Crippen LogP contribution in [0.2, 0.25) is 0 Å². The Hall–Kier alpha value is -0.610. The molecular formula is C6H11NO3. The van der Waals surface area contributed by atoms with Crippen molar-refractivity contribution in [3.63, 3.8) is 0 Å². The smallest absolute Gasteiger partial charge is 0.322 e. The molecule has 1 atom stereocenters. The predicted molar refractivity (Wildman–Crippen MR) is 33.7 cm³/mol. The quantitative estimate of drug-likeness (QED) is 0.558. The second kappa shape index (κ2) is 2.98. The third-order valence-corrected chi connectivity index (χ3v) is 1.42. The van der Waals surface area contributed by atoms with Crippen LogP contribution in [0.1, 0.15) is 19.8 Å². The molecule has 1 aliphatic heterocycles. The number of hydrogen-bond donors (Lipinski definition) is 1. The fourth-order valence-corrected chi connectivity index (χ4v) is 0.994. The van der Waals surface area contributed by atoms with Gasteiger partial charge in [0.25, 0.3) is 0 Å². The molecule has 0 bridgehead atoms. The van der Waals surface area contributed by atoms with Gasteiger partial charge in [-0.3, -0.25) is 4.79 Å². The van der Waals surface area contributed by atoms with E-state index in [-0.39, 0.29) is 5.97 Å². The largest absolute Gasteiger partial charge is 0.375 e. The van der Waals surface area contributed by atoms with Crippen molar-refractivity contribution in [2.24, 2.45) is 0 Å². The van der Waals surface area contributed by atoms with E-state index in [0.717, 1.165) is 6.42 Å². The summed E-state index contributed by atoms with van der Waals surface area (Å²) in [6, 6.07) is 0. The highest BCUT2D eigenvalue weighted by molar-refractivity contribution is 5.65. The van der Waals surface area contributed by atoms with Crippen molar-refractivity contribution >= 4 is 5.97 Å². The first kappa shape index (κ1) is 7.50. The van der Waals surface area contributed by atoms with Gasteiger partial charge in [-0.25, -0.2) is 0 Å². The van der Waals surface area contributed by atoms with E-state index in [0.29, 0.717) is 13.0 Å². The molecule has 0 amide bonds. The molecule has 4 heteroatoms. The average Bonchev–Trinajstić information content (AvgIpc) is 2.15. The fraction of sp³-hybridized carbons (Fsp3) is 0.833. The van der Waals surface area contributed by atoms with Crippen LogP contribution in [-0.2, 0) is 9.63 Å². The first-order chi connectivity index (χ1) is 4.70. The lowest BCUT2D eigenvalue weighted by atomic mass is 10.4. The van der Waals surface area contributed by atoms with E-state index >= 15 is 0 Å². The van der Waals surface area contributed by atoms with Crippen LogP contribution in [0.15, 0.2) is 0 Å². The minimum atomic E-state index is -0.594. The maximum atomic E-state index is 10.4. The number of aliphatic hydroxyl groups excluding tert-OH is 1. The third-order valence-electron chi connectivity index (χ3n) is 1.42. The van der Waals surface area contributed by atoms with Gasteiger partial charge in [0.05, 0.1) is 0 Å². The highest BCUT2D eigenvalue weighted by atomic mass is 16.7. The van der Waals surface area contributed by atoms with Crippen molar-refractivity contribution in [2.45, 2.75) is 26.0 Å². The Labute approximate surface area is 59.3 Å². The topological polar surface area (TPSA) is 49.8 Å². The average molecular weight is 145 g/mol. The maximum Gasteiger partial charge on any atom is 0.322 e. The van der Waals surface area contributed by atoms with E-state index < -0.39 is 6.23 Å². The highest BCUT2D eigenvalue weighted by Gasteiger charge is 2.24. The van der Waals surface area contributed by atoms with Gasteiger partial charge < -0.3 is 9.94 Å². The summed E-state index contributed by atoms with van der Waals surface area (Å²) in [5.74, 6) is -0.374. The minimum absolute atomic E-state index is 0.374. The molecule has 10 heavy (non-hydrogen) atoms. The van der Waals surface area contributed by atoms with E-state index in [4.69, 9.17) is 5.11 Å². The van der Waals surface area contributed by atoms with Crippen molar-refractivity contribution in [3.8, 4) is 0 Å². The fourth-order valence-electron chi connectivity index (χ4n) is 0.994. The predicted octanol–water partition coefficient (Wildman–Crippen LogP) is -0.121. The number of hydrogen-bond acceptors (Lipinski definition) is 4. The summed E-state index contributed by atoms with van der Waals surface area (Å²) in [4.78, 5) is 15.0. The number of aliphatic hydroxyl groups is 1. The van der Waals surface area contributed by atoms with E-state index in [1.54, 1.807) is 0 Å². The number of hydroxylamine groups is 2. The molecule has 1 unspecified atom stereocenters. The molecule has 58 valence electrons. The summed E-state index contributed by atoms with van der Waals surface area (Å²) in [6.07, 6.45) is 0.978. The van der Waals surface area contributed by atoms with Gasteiger partial charge in [-0.05, 0) is 12.8 Å². The molecule has 0 aliphatic carbocycles. The lowest BCUT2D eigenvalue weighted by Crippen LogP contribution is -2.30. The molecule has 1 fully saturated rings. The maximum absolute atomic E-state index is 10.4. The molecular weight excluding hydrogens is 134 g/mol. The first-order valence-corrected chi connectivity index (χ1v) is 3.33. The SMILES string of the molecule is CC(=O)ON1CCCC1O. The van der Waals surface area contributed by atoms with Gasteiger partial charge in [0.2, 0.25) is 0 Å². The molecule has 0 aromatic rings. The Morgan fingerprint density at radius 3 is 2.90 bits per heavy atom. The van der Waals surface area contributed by atoms with Crippen LogP contribution in [0, 0.1) is 0 Å². The number of carbonyl (C=O) groups excluding carboxylic acids is 1. The molecule has 0 saturated carbocycles. The second-order valence-electron chi connectivity index (χ2n) is 2.35. The zero-order valence-corrected chi connectivity index (χ0v) is 5.91. The lowest BCUT2D eigenvalue weighted by Gasteiger charge is -2.16. The van der Waals surface area contributed by atoms with Gasteiger partial charge in [-0.15, -0.1) is 5.06 Å². The van der Waals surface area contributed by atoms with Crippen LogP contribution in [-0.4, -0.2) is 28.9 Å². The standard InChI is InChI=1S/C6H11NO3/c1-5(8)10-7-4-2-3-6(7)9/h6,9H,2-4H2,1H3. The zero-order chi connectivity index (χ0) is 7.56. The number of nitrogens with zero attached hydrogens (tertiary/aromatic N) is 1. The van der Waals surface area contributed by atoms with Crippen LogP contribution in [0.3, 0.4) is 0 Å². The number of rotatable bonds is 1. The Balaban J connectivity index is 2.33. The summed E-state index contributed by atoms with van der Waals surface area (Å²) in [5, 5.41) is 10.4. The van der Waals surface area contributed by atoms with Gasteiger partial charge in [0.15, 0.2) is 0 Å². The molecule has 1 heterocycles. The lowest BCUT2D eigenvalue weighted by molar-refractivity contribution is -0.217. The van der Waals surface area contributed by atoms with Gasteiger partial charge in [-0.1, -0.05) is 0 Å². The normalized spacial score (nSPS) is 26.8. The Kier molecular flexibility index (Phi) is 2.24. The van der Waals surface area contributed by atoms with Crippen molar-refractivity contribution < 1.29 is 14.7 Å². The van der Waals surface area contributed by atoms with Crippen LogP contribution >= 0.6 is 0 Å². The van der Waals surface area contributed by atoms with Crippen molar-refractivity contribution in [2.75, 3.05) is 6.54 Å². The van der Waals surface area contributed by atoms with Gasteiger partial charge in [0.1, 0.15) is 6.23 Å². The molecule has 0 spiro atoms. The molecule has 0 radical (unpaired) electrons. The molecule has 0 aromatic heterocycles. The molecule has 1 N–H and O–H groups in total. The summed E-state index contributed by atoms with van der Waals surface area (Å²) in [6.45, 7) is 1.96. The molecule has 1 saturated heterocycles. The van der Waals surface area contributed by atoms with Crippen LogP contribution in [0.4, 0.5) is 0 Å². The van der Waals surface area contributed by atoms with E-state index in [1.165, 1.54) is 12.0 Å². The van der Waals surface area contributed by atoms with Gasteiger partial charge in [0, 0.05) is 13.5 Å². The van der Waals surface area contributed by atoms with Crippen LogP contribution < -0.4 is 0 Å². The van der Waals surface area contributed by atoms with Crippen molar-refractivity contribution in [1.82, 2.24) is 5.06 Å². The summed E-state index contributed by atoms with van der Waals surface area (Å²) in [7, 11) is 0. The van der Waals surface area contributed by atoms with Crippen LogP contribution in [0.25, 0.3) is 0 Å². The van der Waals surface area contributed by atoms with Crippen LogP contribution in [0.5, 0.6) is 0 Å². The van der Waals surface area contributed by atoms with Crippen molar-refractivity contribution in [3.05, 3.63) is 0 Å². The molecule has 1 rings (SSSR count).